The molecular weight excluding hydrogens is 172 g/mol. The molecule has 2 nitrogen and oxygen atoms in total. The highest BCUT2D eigenvalue weighted by Crippen LogP contribution is 2.05. The van der Waals surface area contributed by atoms with Gasteiger partial charge in [-0.2, -0.15) is 0 Å². The highest BCUT2D eigenvalue weighted by atomic mass is 15.1. The number of nitrogens with zero attached hydrogens (tertiary/aromatic N) is 2. The van der Waals surface area contributed by atoms with Crippen LogP contribution >= 0.6 is 0 Å². The third-order valence-electron chi connectivity index (χ3n) is 2.31. The zero-order chi connectivity index (χ0) is 9.80. The quantitative estimate of drug-likeness (QED) is 0.720. The second-order valence-corrected chi connectivity index (χ2v) is 3.31. The fraction of sp³-hybridized carbons (Fsp3) is 0.250. The van der Waals surface area contributed by atoms with Gasteiger partial charge >= 0.3 is 0 Å². The lowest BCUT2D eigenvalue weighted by atomic mass is 10.2. The number of aryl methyl sites for hydroxylation is 1. The molecule has 0 saturated heterocycles. The van der Waals surface area contributed by atoms with E-state index in [1.165, 1.54) is 5.56 Å². The number of imidazole rings is 1. The maximum Gasteiger partial charge on any atom is 0.108 e. The fourth-order valence-electron chi connectivity index (χ4n) is 1.58. The number of benzene rings is 1. The molecule has 0 spiro atoms. The van der Waals surface area contributed by atoms with Gasteiger partial charge in [-0.25, -0.2) is 4.98 Å². The van der Waals surface area contributed by atoms with Crippen molar-refractivity contribution in [2.24, 2.45) is 0 Å². The van der Waals surface area contributed by atoms with Gasteiger partial charge in [0.1, 0.15) is 5.82 Å². The number of rotatable bonds is 3. The van der Waals surface area contributed by atoms with Crippen molar-refractivity contribution in [1.29, 1.82) is 0 Å². The van der Waals surface area contributed by atoms with Crippen LogP contribution in [-0.4, -0.2) is 9.55 Å². The van der Waals surface area contributed by atoms with Crippen molar-refractivity contribution >= 4 is 0 Å². The molecule has 0 aliphatic rings. The molecule has 0 aliphatic heterocycles. The van der Waals surface area contributed by atoms with Crippen molar-refractivity contribution in [3.05, 3.63) is 54.1 Å². The molecule has 0 atom stereocenters. The first-order valence-electron chi connectivity index (χ1n) is 4.94. The monoisotopic (exact) mass is 186 g/mol. The molecule has 0 fully saturated rings. The summed E-state index contributed by atoms with van der Waals surface area (Å²) in [4.78, 5) is 4.29. The van der Waals surface area contributed by atoms with Gasteiger partial charge in [-0.15, -0.1) is 0 Å². The molecule has 0 unspecified atom stereocenters. The van der Waals surface area contributed by atoms with E-state index in [9.17, 15) is 0 Å². The zero-order valence-electron chi connectivity index (χ0n) is 8.35. The van der Waals surface area contributed by atoms with E-state index >= 15 is 0 Å². The topological polar surface area (TPSA) is 17.8 Å². The lowest BCUT2D eigenvalue weighted by molar-refractivity contribution is 0.732. The predicted molar refractivity (Wildman–Crippen MR) is 57.1 cm³/mol. The van der Waals surface area contributed by atoms with Gasteiger partial charge in [-0.3, -0.25) is 0 Å². The van der Waals surface area contributed by atoms with E-state index in [1.54, 1.807) is 0 Å². The summed E-state index contributed by atoms with van der Waals surface area (Å²) in [6.07, 6.45) is 4.88. The predicted octanol–water partition coefficient (Wildman–Crippen LogP) is 2.49. The Hall–Kier alpha value is -1.57. The van der Waals surface area contributed by atoms with E-state index in [2.05, 4.69) is 40.7 Å². The minimum absolute atomic E-state index is 0.921. The van der Waals surface area contributed by atoms with Gasteiger partial charge in [-0.05, 0) is 5.56 Å². The summed E-state index contributed by atoms with van der Waals surface area (Å²) in [5.41, 5.74) is 1.32. The van der Waals surface area contributed by atoms with E-state index in [4.69, 9.17) is 0 Å². The van der Waals surface area contributed by atoms with E-state index in [0.717, 1.165) is 18.8 Å². The molecule has 1 heterocycles. The van der Waals surface area contributed by atoms with Crippen molar-refractivity contribution in [3.8, 4) is 0 Å². The van der Waals surface area contributed by atoms with E-state index < -0.39 is 0 Å². The van der Waals surface area contributed by atoms with E-state index in [0.29, 0.717) is 0 Å². The lowest BCUT2D eigenvalue weighted by Crippen LogP contribution is -2.02. The van der Waals surface area contributed by atoms with Crippen molar-refractivity contribution in [2.75, 3.05) is 0 Å². The van der Waals surface area contributed by atoms with Crippen LogP contribution in [0.2, 0.25) is 0 Å². The Labute approximate surface area is 84.2 Å². The summed E-state index contributed by atoms with van der Waals surface area (Å²) in [5, 5.41) is 0. The highest BCUT2D eigenvalue weighted by molar-refractivity contribution is 5.15. The average molecular weight is 186 g/mol. The molecule has 2 aromatic rings. The van der Waals surface area contributed by atoms with Crippen LogP contribution < -0.4 is 0 Å². The standard InChI is InChI=1S/C12H14N2/c1-2-12-13-8-9-14(12)10-11-6-4-3-5-7-11/h3-9H,2,10H2,1H3. The van der Waals surface area contributed by atoms with Gasteiger partial charge in [0, 0.05) is 25.4 Å². The zero-order valence-corrected chi connectivity index (χ0v) is 8.35. The molecule has 2 heteroatoms. The third kappa shape index (κ3) is 1.84. The van der Waals surface area contributed by atoms with Gasteiger partial charge in [0.2, 0.25) is 0 Å². The van der Waals surface area contributed by atoms with Crippen molar-refractivity contribution in [2.45, 2.75) is 19.9 Å². The van der Waals surface area contributed by atoms with Gasteiger partial charge in [0.15, 0.2) is 0 Å². The molecule has 72 valence electrons. The summed E-state index contributed by atoms with van der Waals surface area (Å²) >= 11 is 0. The minimum atomic E-state index is 0.921. The van der Waals surface area contributed by atoms with Crippen molar-refractivity contribution < 1.29 is 0 Å². The minimum Gasteiger partial charge on any atom is -0.331 e. The number of hydrogen-bond acceptors (Lipinski definition) is 1. The summed E-state index contributed by atoms with van der Waals surface area (Å²) in [5.74, 6) is 1.15. The Morgan fingerprint density at radius 1 is 1.21 bits per heavy atom. The number of hydrogen-bond donors (Lipinski definition) is 0. The first-order valence-corrected chi connectivity index (χ1v) is 4.94. The van der Waals surface area contributed by atoms with E-state index in [1.807, 2.05) is 18.5 Å². The second-order valence-electron chi connectivity index (χ2n) is 3.31. The molecule has 0 amide bonds. The third-order valence-corrected chi connectivity index (χ3v) is 2.31. The van der Waals surface area contributed by atoms with Crippen LogP contribution in [0.3, 0.4) is 0 Å². The van der Waals surface area contributed by atoms with Gasteiger partial charge in [0.05, 0.1) is 0 Å². The molecular formula is C12H14N2. The lowest BCUT2D eigenvalue weighted by Gasteiger charge is -2.05. The highest BCUT2D eigenvalue weighted by Gasteiger charge is 1.99. The fourth-order valence-corrected chi connectivity index (χ4v) is 1.58. The van der Waals surface area contributed by atoms with E-state index in [-0.39, 0.29) is 0 Å². The van der Waals surface area contributed by atoms with Crippen LogP contribution in [0, 0.1) is 0 Å². The SMILES string of the molecule is CCc1nccn1Cc1ccccc1. The average Bonchev–Trinajstić information content (AvgIpc) is 2.67. The van der Waals surface area contributed by atoms with Gasteiger partial charge in [0.25, 0.3) is 0 Å². The Morgan fingerprint density at radius 2 is 2.00 bits per heavy atom. The molecule has 0 saturated carbocycles. The first-order chi connectivity index (χ1) is 6.90. The normalized spacial score (nSPS) is 10.4. The van der Waals surface area contributed by atoms with Crippen LogP contribution in [0.25, 0.3) is 0 Å². The van der Waals surface area contributed by atoms with Gasteiger partial charge in [-0.1, -0.05) is 37.3 Å². The Morgan fingerprint density at radius 3 is 2.71 bits per heavy atom. The second kappa shape index (κ2) is 4.09. The number of aromatic nitrogens is 2. The Kier molecular flexibility index (Phi) is 2.63. The maximum absolute atomic E-state index is 4.29. The molecule has 14 heavy (non-hydrogen) atoms. The molecule has 1 aromatic heterocycles. The smallest absolute Gasteiger partial charge is 0.108 e. The molecule has 2 rings (SSSR count). The Bertz CT molecular complexity index is 390. The van der Waals surface area contributed by atoms with Crippen LogP contribution in [0.5, 0.6) is 0 Å². The molecule has 0 N–H and O–H groups in total. The summed E-state index contributed by atoms with van der Waals surface area (Å²) in [6, 6.07) is 10.5. The Balaban J connectivity index is 2.19. The maximum atomic E-state index is 4.29. The molecule has 0 radical (unpaired) electrons. The van der Waals surface area contributed by atoms with Crippen LogP contribution in [0.15, 0.2) is 42.7 Å². The summed E-state index contributed by atoms with van der Waals surface area (Å²) < 4.78 is 2.19. The van der Waals surface area contributed by atoms with Crippen LogP contribution in [-0.2, 0) is 13.0 Å². The molecule has 0 aliphatic carbocycles. The van der Waals surface area contributed by atoms with Crippen molar-refractivity contribution in [3.63, 3.8) is 0 Å². The summed E-state index contributed by atoms with van der Waals surface area (Å²) in [6.45, 7) is 3.05. The molecule has 1 aromatic carbocycles. The largest absolute Gasteiger partial charge is 0.331 e. The molecule has 0 bridgehead atoms. The first kappa shape index (κ1) is 9.00. The van der Waals surface area contributed by atoms with Crippen molar-refractivity contribution in [1.82, 2.24) is 9.55 Å². The van der Waals surface area contributed by atoms with Crippen LogP contribution in [0.1, 0.15) is 18.3 Å². The summed E-state index contributed by atoms with van der Waals surface area (Å²) in [7, 11) is 0. The van der Waals surface area contributed by atoms with Crippen LogP contribution in [0.4, 0.5) is 0 Å². The van der Waals surface area contributed by atoms with Gasteiger partial charge < -0.3 is 4.57 Å².